The van der Waals surface area contributed by atoms with Gasteiger partial charge in [-0.2, -0.15) is 0 Å². The Morgan fingerprint density at radius 2 is 1.13 bits per heavy atom. The van der Waals surface area contributed by atoms with Gasteiger partial charge in [-0.15, -0.1) is 46.4 Å². The van der Waals surface area contributed by atoms with Gasteiger partial charge in [0.2, 0.25) is 0 Å². The van der Waals surface area contributed by atoms with E-state index in [-0.39, 0.29) is 46.3 Å². The predicted molar refractivity (Wildman–Crippen MR) is 131 cm³/mol. The van der Waals surface area contributed by atoms with Gasteiger partial charge in [-0.05, 0) is 47.6 Å². The number of rotatable bonds is 4. The molecule has 0 aliphatic heterocycles. The number of alkyl halides is 4. The molecule has 10 unspecified atom stereocenters. The quantitative estimate of drug-likeness (QED) is 0.346. The van der Waals surface area contributed by atoms with Crippen LogP contribution in [0.3, 0.4) is 0 Å². The summed E-state index contributed by atoms with van der Waals surface area (Å²) in [5.74, 6) is 0.915. The minimum Gasteiger partial charge on any atom is -0.122 e. The van der Waals surface area contributed by atoms with E-state index in [4.69, 9.17) is 69.6 Å². The normalized spacial score (nSPS) is 46.1. The Bertz CT molecular complexity index is 864. The molecule has 0 spiro atoms. The average molecular weight is 525 g/mol. The molecule has 6 heteroatoms. The first-order valence-electron chi connectivity index (χ1n) is 10.6. The fourth-order valence-electron chi connectivity index (χ4n) is 6.76. The van der Waals surface area contributed by atoms with E-state index in [1.165, 1.54) is 11.1 Å². The summed E-state index contributed by atoms with van der Waals surface area (Å²) in [5, 5.41) is 1.45. The van der Waals surface area contributed by atoms with Gasteiger partial charge in [-0.25, -0.2) is 0 Å². The molecule has 10 atom stereocenters. The van der Waals surface area contributed by atoms with Crippen LogP contribution in [-0.2, 0) is 0 Å². The summed E-state index contributed by atoms with van der Waals surface area (Å²) < 4.78 is 0. The van der Waals surface area contributed by atoms with Crippen LogP contribution < -0.4 is 0 Å². The van der Waals surface area contributed by atoms with Crippen LogP contribution in [0.2, 0.25) is 0 Å². The van der Waals surface area contributed by atoms with Crippen molar-refractivity contribution < 1.29 is 0 Å². The van der Waals surface area contributed by atoms with Gasteiger partial charge in [-0.3, -0.25) is 0 Å². The van der Waals surface area contributed by atoms with Crippen molar-refractivity contribution in [2.75, 3.05) is 0 Å². The Kier molecular flexibility index (Phi) is 5.54. The Morgan fingerprint density at radius 1 is 0.767 bits per heavy atom. The Labute approximate surface area is 208 Å². The van der Waals surface area contributed by atoms with E-state index in [1.54, 1.807) is 0 Å². The molecule has 2 saturated carbocycles. The van der Waals surface area contributed by atoms with Crippen LogP contribution in [0.5, 0.6) is 0 Å². The van der Waals surface area contributed by atoms with Crippen molar-refractivity contribution >= 4 is 69.6 Å². The fraction of sp³-hybridized carbons (Fsp3) is 0.583. The van der Waals surface area contributed by atoms with E-state index in [9.17, 15) is 0 Å². The number of fused-ring (bicyclic) bond motifs is 4. The molecule has 0 N–H and O–H groups in total. The van der Waals surface area contributed by atoms with Gasteiger partial charge in [0.25, 0.3) is 0 Å². The molecule has 4 aliphatic rings. The maximum Gasteiger partial charge on any atom is 0.0851 e. The number of benzene rings is 1. The highest BCUT2D eigenvalue weighted by atomic mass is 35.5. The lowest BCUT2D eigenvalue weighted by Gasteiger charge is -2.40. The summed E-state index contributed by atoms with van der Waals surface area (Å²) in [6.07, 6.45) is 5.72. The molecule has 0 heterocycles. The van der Waals surface area contributed by atoms with Crippen LogP contribution >= 0.6 is 69.6 Å². The molecule has 0 nitrogen and oxygen atoms in total. The smallest absolute Gasteiger partial charge is 0.0851 e. The van der Waals surface area contributed by atoms with Gasteiger partial charge in [0, 0.05) is 32.7 Å². The van der Waals surface area contributed by atoms with E-state index in [2.05, 4.69) is 38.1 Å². The number of allylic oxidation sites excluding steroid dienone is 4. The summed E-state index contributed by atoms with van der Waals surface area (Å²) >= 11 is 41.1. The second-order valence-corrected chi connectivity index (χ2v) is 12.8. The zero-order valence-corrected chi connectivity index (χ0v) is 21.3. The third-order valence-corrected chi connectivity index (χ3v) is 11.7. The molecule has 0 saturated heterocycles. The van der Waals surface area contributed by atoms with Gasteiger partial charge in [-0.1, -0.05) is 73.5 Å². The van der Waals surface area contributed by atoms with E-state index < -0.39 is 9.75 Å². The molecular formula is C24H24Cl6. The fourth-order valence-corrected chi connectivity index (χ4v) is 9.94. The molecule has 4 bridgehead atoms. The molecule has 2 fully saturated rings. The number of halogens is 6. The lowest BCUT2D eigenvalue weighted by atomic mass is 9.72. The highest BCUT2D eigenvalue weighted by Crippen LogP contribution is 2.64. The van der Waals surface area contributed by atoms with Crippen molar-refractivity contribution in [1.29, 1.82) is 0 Å². The molecule has 0 radical (unpaired) electrons. The average Bonchev–Trinajstić information content (AvgIpc) is 3.33. The topological polar surface area (TPSA) is 0 Å². The summed E-state index contributed by atoms with van der Waals surface area (Å²) in [6.45, 7) is 4.45. The van der Waals surface area contributed by atoms with Gasteiger partial charge in [0.05, 0.1) is 9.75 Å². The second-order valence-electron chi connectivity index (χ2n) is 9.64. The lowest BCUT2D eigenvalue weighted by Crippen LogP contribution is -2.38. The summed E-state index contributed by atoms with van der Waals surface area (Å²) in [4.78, 5) is -1.15. The third-order valence-electron chi connectivity index (χ3n) is 8.20. The van der Waals surface area contributed by atoms with Crippen LogP contribution in [0.4, 0.5) is 0 Å². The molecule has 0 amide bonds. The van der Waals surface area contributed by atoms with Crippen LogP contribution in [0.15, 0.2) is 46.5 Å². The number of hydrogen-bond acceptors (Lipinski definition) is 0. The molecular weight excluding hydrogens is 501 g/mol. The van der Waals surface area contributed by atoms with Crippen LogP contribution in [0, 0.1) is 23.7 Å². The molecule has 1 aromatic rings. The SMILES string of the molecule is CC(c1ccccc1C(C)C1C(Cl)C2C=C(Cl)C1(Cl)C2)C1C(Cl)C2C=C(Cl)C1(Cl)C2. The second kappa shape index (κ2) is 7.48. The highest BCUT2D eigenvalue weighted by Gasteiger charge is 2.61. The Balaban J connectivity index is 1.52. The van der Waals surface area contributed by atoms with Crippen LogP contribution in [0.25, 0.3) is 0 Å². The highest BCUT2D eigenvalue weighted by molar-refractivity contribution is 6.42. The number of hydrogen-bond donors (Lipinski definition) is 0. The van der Waals surface area contributed by atoms with Gasteiger partial charge >= 0.3 is 0 Å². The summed E-state index contributed by atoms with van der Waals surface area (Å²) in [7, 11) is 0. The molecule has 4 aliphatic carbocycles. The first-order chi connectivity index (χ1) is 14.1. The zero-order chi connectivity index (χ0) is 21.6. The molecule has 5 rings (SSSR count). The van der Waals surface area contributed by atoms with E-state index in [1.807, 2.05) is 12.2 Å². The maximum absolute atomic E-state index is 7.08. The molecule has 30 heavy (non-hydrogen) atoms. The van der Waals surface area contributed by atoms with Gasteiger partial charge < -0.3 is 0 Å². The van der Waals surface area contributed by atoms with Crippen LogP contribution in [-0.4, -0.2) is 20.5 Å². The van der Waals surface area contributed by atoms with E-state index >= 15 is 0 Å². The Morgan fingerprint density at radius 3 is 1.47 bits per heavy atom. The third kappa shape index (κ3) is 2.93. The molecule has 0 aromatic heterocycles. The van der Waals surface area contributed by atoms with Crippen molar-refractivity contribution in [3.8, 4) is 0 Å². The summed E-state index contributed by atoms with van der Waals surface area (Å²) in [6, 6.07) is 8.55. The Hall–Kier alpha value is 0.440. The molecule has 162 valence electrons. The monoisotopic (exact) mass is 522 g/mol. The minimum atomic E-state index is -0.574. The van der Waals surface area contributed by atoms with Crippen molar-refractivity contribution in [3.05, 3.63) is 57.6 Å². The molecule has 1 aromatic carbocycles. The first-order valence-corrected chi connectivity index (χ1v) is 13.0. The van der Waals surface area contributed by atoms with Crippen molar-refractivity contribution in [2.45, 2.75) is 59.0 Å². The van der Waals surface area contributed by atoms with Crippen LogP contribution in [0.1, 0.15) is 49.7 Å². The van der Waals surface area contributed by atoms with E-state index in [0.717, 1.165) is 22.9 Å². The standard InChI is InChI=1S/C24H24Cl6/c1-11(19-21(27)13-7-17(25)23(19,29)9-13)15-5-3-4-6-16(15)12(2)20-22(28)14-8-18(26)24(20,30)10-14/h3-8,11-14,19-22H,9-10H2,1-2H3. The zero-order valence-electron chi connectivity index (χ0n) is 16.8. The van der Waals surface area contributed by atoms with Gasteiger partial charge in [0.1, 0.15) is 0 Å². The predicted octanol–water partition coefficient (Wildman–Crippen LogP) is 8.61. The minimum absolute atomic E-state index is 0.0247. The van der Waals surface area contributed by atoms with Crippen molar-refractivity contribution in [3.63, 3.8) is 0 Å². The maximum atomic E-state index is 7.08. The first kappa shape index (κ1) is 22.2. The van der Waals surface area contributed by atoms with Crippen molar-refractivity contribution in [2.24, 2.45) is 23.7 Å². The van der Waals surface area contributed by atoms with Crippen molar-refractivity contribution in [1.82, 2.24) is 0 Å². The van der Waals surface area contributed by atoms with E-state index in [0.29, 0.717) is 0 Å². The largest absolute Gasteiger partial charge is 0.122 e. The summed E-state index contributed by atoms with van der Waals surface area (Å²) in [5.41, 5.74) is 2.51. The van der Waals surface area contributed by atoms with Gasteiger partial charge in [0.15, 0.2) is 0 Å². The lowest BCUT2D eigenvalue weighted by molar-refractivity contribution is 0.381.